The van der Waals surface area contributed by atoms with Crippen LogP contribution < -0.4 is 10.6 Å². The maximum atomic E-state index is 11.7. The van der Waals surface area contributed by atoms with Gasteiger partial charge in [-0.25, -0.2) is 9.78 Å². The molecule has 3 rings (SSSR count). The van der Waals surface area contributed by atoms with Gasteiger partial charge in [-0.15, -0.1) is 0 Å². The Morgan fingerprint density at radius 1 is 1.22 bits per heavy atom. The maximum Gasteiger partial charge on any atom is 0.319 e. The molecule has 0 aliphatic heterocycles. The van der Waals surface area contributed by atoms with Crippen LogP contribution in [0.2, 0.25) is 0 Å². The number of nitrogens with zero attached hydrogens (tertiary/aromatic N) is 1. The minimum atomic E-state index is -0.360. The molecule has 118 valence electrons. The van der Waals surface area contributed by atoms with Crippen molar-refractivity contribution in [1.29, 1.82) is 0 Å². The predicted molar refractivity (Wildman–Crippen MR) is 88.1 cm³/mol. The van der Waals surface area contributed by atoms with E-state index in [0.717, 1.165) is 16.7 Å². The highest BCUT2D eigenvalue weighted by Gasteiger charge is 2.09. The first kappa shape index (κ1) is 15.1. The van der Waals surface area contributed by atoms with E-state index in [1.165, 1.54) is 0 Å². The lowest BCUT2D eigenvalue weighted by Gasteiger charge is -2.12. The Balaban J connectivity index is 1.73. The van der Waals surface area contributed by atoms with Gasteiger partial charge in [0.2, 0.25) is 5.89 Å². The van der Waals surface area contributed by atoms with E-state index in [4.69, 9.17) is 9.52 Å². The predicted octanol–water partition coefficient (Wildman–Crippen LogP) is 3.00. The Kier molecular flexibility index (Phi) is 4.25. The normalized spacial score (nSPS) is 12.1. The van der Waals surface area contributed by atoms with Crippen molar-refractivity contribution in [3.05, 3.63) is 48.5 Å². The van der Waals surface area contributed by atoms with Gasteiger partial charge in [-0.3, -0.25) is 0 Å². The summed E-state index contributed by atoms with van der Waals surface area (Å²) in [5, 5.41) is 14.2. The molecule has 6 heteroatoms. The minimum absolute atomic E-state index is 0.107. The van der Waals surface area contributed by atoms with Crippen LogP contribution in [-0.4, -0.2) is 28.8 Å². The van der Waals surface area contributed by atoms with Crippen LogP contribution >= 0.6 is 0 Å². The van der Waals surface area contributed by atoms with E-state index in [1.54, 1.807) is 19.1 Å². The number of hydrogen-bond donors (Lipinski definition) is 3. The largest absolute Gasteiger partial charge is 0.436 e. The first-order chi connectivity index (χ1) is 11.2. The Morgan fingerprint density at radius 3 is 2.65 bits per heavy atom. The van der Waals surface area contributed by atoms with E-state index in [2.05, 4.69) is 15.6 Å². The van der Waals surface area contributed by atoms with Crippen molar-refractivity contribution in [3.8, 4) is 11.5 Å². The van der Waals surface area contributed by atoms with Crippen molar-refractivity contribution in [1.82, 2.24) is 10.3 Å². The van der Waals surface area contributed by atoms with Crippen LogP contribution in [0.3, 0.4) is 0 Å². The second-order valence-corrected chi connectivity index (χ2v) is 5.25. The molecule has 0 unspecified atom stereocenters. The van der Waals surface area contributed by atoms with Gasteiger partial charge in [-0.1, -0.05) is 12.1 Å². The summed E-state index contributed by atoms with van der Waals surface area (Å²) in [5.74, 6) is 0.538. The van der Waals surface area contributed by atoms with E-state index >= 15 is 0 Å². The zero-order valence-corrected chi connectivity index (χ0v) is 12.6. The molecular formula is C17H17N3O3. The summed E-state index contributed by atoms with van der Waals surface area (Å²) in [7, 11) is 0. The second-order valence-electron chi connectivity index (χ2n) is 5.25. The van der Waals surface area contributed by atoms with E-state index < -0.39 is 0 Å². The van der Waals surface area contributed by atoms with Crippen molar-refractivity contribution in [2.75, 3.05) is 11.9 Å². The third-order valence-corrected chi connectivity index (χ3v) is 3.33. The highest BCUT2D eigenvalue weighted by Crippen LogP contribution is 2.25. The number of nitrogens with one attached hydrogen (secondary N) is 2. The molecule has 1 aromatic heterocycles. The van der Waals surface area contributed by atoms with Crippen LogP contribution in [0.5, 0.6) is 0 Å². The van der Waals surface area contributed by atoms with Crippen molar-refractivity contribution < 1.29 is 14.3 Å². The Morgan fingerprint density at radius 2 is 1.96 bits per heavy atom. The third kappa shape index (κ3) is 3.49. The number of oxazole rings is 1. The molecule has 2 aromatic carbocycles. The lowest BCUT2D eigenvalue weighted by Crippen LogP contribution is -2.38. The number of aromatic nitrogens is 1. The van der Waals surface area contributed by atoms with Gasteiger partial charge in [0, 0.05) is 11.3 Å². The highest BCUT2D eigenvalue weighted by atomic mass is 16.3. The SMILES string of the molecule is C[C@@H](CO)NC(=O)Nc1ccc(-c2nc3ccccc3o2)cc1. The summed E-state index contributed by atoms with van der Waals surface area (Å²) in [6, 6.07) is 14.1. The van der Waals surface area contributed by atoms with Gasteiger partial charge in [0.25, 0.3) is 0 Å². The van der Waals surface area contributed by atoms with Crippen LogP contribution in [0.15, 0.2) is 52.9 Å². The van der Waals surface area contributed by atoms with Gasteiger partial charge >= 0.3 is 6.03 Å². The number of urea groups is 1. The van der Waals surface area contributed by atoms with E-state index in [-0.39, 0.29) is 18.7 Å². The minimum Gasteiger partial charge on any atom is -0.436 e. The van der Waals surface area contributed by atoms with Crippen LogP contribution in [0.1, 0.15) is 6.92 Å². The number of para-hydroxylation sites is 2. The number of carbonyl (C=O) groups excluding carboxylic acids is 1. The van der Waals surface area contributed by atoms with Crippen molar-refractivity contribution >= 4 is 22.8 Å². The van der Waals surface area contributed by atoms with Crippen LogP contribution in [0, 0.1) is 0 Å². The number of fused-ring (bicyclic) bond motifs is 1. The number of aliphatic hydroxyl groups is 1. The molecule has 3 aromatic rings. The standard InChI is InChI=1S/C17H17N3O3/c1-11(10-21)18-17(22)19-13-8-6-12(7-9-13)16-20-14-4-2-3-5-15(14)23-16/h2-9,11,21H,10H2,1H3,(H2,18,19,22)/t11-/m0/s1. The zero-order chi connectivity index (χ0) is 16.2. The summed E-state index contributed by atoms with van der Waals surface area (Å²) in [6.07, 6.45) is 0. The molecule has 0 fully saturated rings. The topological polar surface area (TPSA) is 87.4 Å². The fourth-order valence-corrected chi connectivity index (χ4v) is 2.13. The van der Waals surface area contributed by atoms with Gasteiger partial charge in [0.1, 0.15) is 5.52 Å². The smallest absolute Gasteiger partial charge is 0.319 e. The fourth-order valence-electron chi connectivity index (χ4n) is 2.13. The van der Waals surface area contributed by atoms with Crippen molar-refractivity contribution in [3.63, 3.8) is 0 Å². The maximum absolute atomic E-state index is 11.7. The zero-order valence-electron chi connectivity index (χ0n) is 12.6. The van der Waals surface area contributed by atoms with Crippen LogP contribution in [0.4, 0.5) is 10.5 Å². The molecule has 3 N–H and O–H groups in total. The molecular weight excluding hydrogens is 294 g/mol. The molecule has 0 aliphatic rings. The molecule has 0 saturated carbocycles. The van der Waals surface area contributed by atoms with Crippen LogP contribution in [0.25, 0.3) is 22.6 Å². The second kappa shape index (κ2) is 6.50. The van der Waals surface area contributed by atoms with Gasteiger partial charge in [0.15, 0.2) is 5.58 Å². The molecule has 0 aliphatic carbocycles. The number of rotatable bonds is 4. The number of benzene rings is 2. The molecule has 0 bridgehead atoms. The molecule has 1 heterocycles. The third-order valence-electron chi connectivity index (χ3n) is 3.33. The summed E-state index contributed by atoms with van der Waals surface area (Å²) in [6.45, 7) is 1.61. The number of anilines is 1. The lowest BCUT2D eigenvalue weighted by molar-refractivity contribution is 0.229. The molecule has 0 saturated heterocycles. The molecule has 23 heavy (non-hydrogen) atoms. The summed E-state index contributed by atoms with van der Waals surface area (Å²) in [4.78, 5) is 16.1. The van der Waals surface area contributed by atoms with Gasteiger partial charge in [-0.05, 0) is 43.3 Å². The fraction of sp³-hybridized carbons (Fsp3) is 0.176. The monoisotopic (exact) mass is 311 g/mol. The molecule has 0 radical (unpaired) electrons. The quantitative estimate of drug-likeness (QED) is 0.691. The number of amides is 2. The van der Waals surface area contributed by atoms with Gasteiger partial charge in [-0.2, -0.15) is 0 Å². The average molecular weight is 311 g/mol. The van der Waals surface area contributed by atoms with Crippen molar-refractivity contribution in [2.24, 2.45) is 0 Å². The number of carbonyl (C=O) groups is 1. The lowest BCUT2D eigenvalue weighted by atomic mass is 10.2. The average Bonchev–Trinajstić information content (AvgIpc) is 2.99. The molecule has 0 spiro atoms. The van der Waals surface area contributed by atoms with E-state index in [1.807, 2.05) is 36.4 Å². The number of aliphatic hydroxyl groups excluding tert-OH is 1. The molecule has 6 nitrogen and oxygen atoms in total. The first-order valence-electron chi connectivity index (χ1n) is 7.30. The van der Waals surface area contributed by atoms with E-state index in [0.29, 0.717) is 11.6 Å². The Bertz CT molecular complexity index is 778. The number of hydrogen-bond acceptors (Lipinski definition) is 4. The molecule has 2 amide bonds. The first-order valence-corrected chi connectivity index (χ1v) is 7.30. The van der Waals surface area contributed by atoms with Gasteiger partial charge in [0.05, 0.1) is 12.6 Å². The van der Waals surface area contributed by atoms with Crippen molar-refractivity contribution in [2.45, 2.75) is 13.0 Å². The Hall–Kier alpha value is -2.86. The van der Waals surface area contributed by atoms with E-state index in [9.17, 15) is 4.79 Å². The van der Waals surface area contributed by atoms with Gasteiger partial charge < -0.3 is 20.2 Å². The summed E-state index contributed by atoms with van der Waals surface area (Å²) in [5.41, 5.74) is 3.02. The summed E-state index contributed by atoms with van der Waals surface area (Å²) >= 11 is 0. The highest BCUT2D eigenvalue weighted by molar-refractivity contribution is 5.89. The van der Waals surface area contributed by atoms with Crippen LogP contribution in [-0.2, 0) is 0 Å². The molecule has 1 atom stereocenters. The Labute approximate surface area is 133 Å². The summed E-state index contributed by atoms with van der Waals surface area (Å²) < 4.78 is 5.70.